The summed E-state index contributed by atoms with van der Waals surface area (Å²) in [7, 11) is -3.08. The van der Waals surface area contributed by atoms with Crippen molar-refractivity contribution in [1.29, 1.82) is 0 Å². The predicted octanol–water partition coefficient (Wildman–Crippen LogP) is 3.91. The van der Waals surface area contributed by atoms with E-state index in [4.69, 9.17) is 27.7 Å². The van der Waals surface area contributed by atoms with Crippen molar-refractivity contribution in [3.8, 4) is 0 Å². The summed E-state index contributed by atoms with van der Waals surface area (Å²) in [6.45, 7) is 11.2. The molecule has 0 spiro atoms. The van der Waals surface area contributed by atoms with Gasteiger partial charge in [-0.2, -0.15) is 0 Å². The van der Waals surface area contributed by atoms with Gasteiger partial charge in [-0.1, -0.05) is 0 Å². The molecule has 2 aliphatic heterocycles. The number of nitrogens with one attached hydrogen (secondary N) is 1. The van der Waals surface area contributed by atoms with Crippen LogP contribution in [0.15, 0.2) is 0 Å². The average molecular weight is 400 g/mol. The Bertz CT molecular complexity index is 454. The first kappa shape index (κ1) is 21.0. The first-order valence-electron chi connectivity index (χ1n) is 8.82. The average Bonchev–Trinajstić information content (AvgIpc) is 2.44. The first-order chi connectivity index (χ1) is 11.1. The molecule has 5 nitrogen and oxygen atoms in total. The highest BCUT2D eigenvalue weighted by Gasteiger charge is 2.48. The van der Waals surface area contributed by atoms with E-state index in [2.05, 4.69) is 37.7 Å². The van der Waals surface area contributed by atoms with Crippen molar-refractivity contribution < 1.29 is 9.09 Å². The number of nitrogens with zero attached hydrogens (tertiary/aromatic N) is 2. The van der Waals surface area contributed by atoms with Crippen LogP contribution in [0, 0.1) is 0 Å². The molecule has 0 aromatic heterocycles. The molecule has 142 valence electrons. The van der Waals surface area contributed by atoms with Gasteiger partial charge in [-0.05, 0) is 47.0 Å². The van der Waals surface area contributed by atoms with E-state index in [0.717, 1.165) is 25.8 Å². The molecule has 2 saturated heterocycles. The molecule has 0 aliphatic carbocycles. The third-order valence-electron chi connectivity index (χ3n) is 4.75. The van der Waals surface area contributed by atoms with Gasteiger partial charge in [-0.3, -0.25) is 4.57 Å². The van der Waals surface area contributed by atoms with Gasteiger partial charge in [0.25, 0.3) is 0 Å². The number of rotatable bonds is 6. The van der Waals surface area contributed by atoms with Gasteiger partial charge in [0.15, 0.2) is 0 Å². The number of hydrogen-bond acceptors (Lipinski definition) is 3. The zero-order valence-electron chi connectivity index (χ0n) is 15.4. The second-order valence-electron chi connectivity index (χ2n) is 8.13. The van der Waals surface area contributed by atoms with Crippen molar-refractivity contribution in [2.75, 3.05) is 38.0 Å². The molecule has 1 unspecified atom stereocenters. The SMILES string of the molecule is CC1(C)CC(N2CCCOP2(=O)N(CCCl)CCCl)CC(C)(C)N1. The zero-order valence-corrected chi connectivity index (χ0v) is 17.8. The van der Waals surface area contributed by atoms with Crippen molar-refractivity contribution in [3.05, 3.63) is 0 Å². The lowest BCUT2D eigenvalue weighted by Gasteiger charge is -2.52. The summed E-state index contributed by atoms with van der Waals surface area (Å²) < 4.78 is 23.8. The largest absolute Gasteiger partial charge is 0.346 e. The topological polar surface area (TPSA) is 44.8 Å². The third kappa shape index (κ3) is 4.88. The third-order valence-corrected chi connectivity index (χ3v) is 7.90. The van der Waals surface area contributed by atoms with Crippen molar-refractivity contribution in [3.63, 3.8) is 0 Å². The maximum absolute atomic E-state index is 13.9. The van der Waals surface area contributed by atoms with Crippen LogP contribution in [0.4, 0.5) is 0 Å². The van der Waals surface area contributed by atoms with Crippen LogP contribution < -0.4 is 5.32 Å². The summed E-state index contributed by atoms with van der Waals surface area (Å²) in [5, 5.41) is 3.69. The molecule has 0 bridgehead atoms. The molecule has 0 aromatic carbocycles. The molecule has 0 aromatic rings. The second kappa shape index (κ2) is 8.12. The molecule has 8 heteroatoms. The Morgan fingerprint density at radius 2 is 1.71 bits per heavy atom. The van der Waals surface area contributed by atoms with Gasteiger partial charge in [0.1, 0.15) is 0 Å². The van der Waals surface area contributed by atoms with Crippen molar-refractivity contribution in [1.82, 2.24) is 14.7 Å². The number of alkyl halides is 2. The molecule has 24 heavy (non-hydrogen) atoms. The van der Waals surface area contributed by atoms with E-state index in [0.29, 0.717) is 31.5 Å². The molecule has 2 rings (SSSR count). The molecule has 2 aliphatic rings. The Labute approximate surface area is 156 Å². The molecule has 1 N–H and O–H groups in total. The summed E-state index contributed by atoms with van der Waals surface area (Å²) in [6.07, 6.45) is 2.79. The maximum Gasteiger partial charge on any atom is 0.346 e. The van der Waals surface area contributed by atoms with Crippen LogP contribution in [0.3, 0.4) is 0 Å². The fourth-order valence-corrected chi connectivity index (χ4v) is 7.61. The van der Waals surface area contributed by atoms with Crippen molar-refractivity contribution in [2.24, 2.45) is 0 Å². The highest BCUT2D eigenvalue weighted by atomic mass is 35.5. The van der Waals surface area contributed by atoms with Gasteiger partial charge in [-0.25, -0.2) is 9.34 Å². The van der Waals surface area contributed by atoms with Crippen molar-refractivity contribution >= 4 is 30.9 Å². The van der Waals surface area contributed by atoms with E-state index < -0.39 is 7.67 Å². The van der Waals surface area contributed by atoms with Gasteiger partial charge in [-0.15, -0.1) is 23.2 Å². The highest BCUT2D eigenvalue weighted by Crippen LogP contribution is 2.59. The molecular formula is C16H32Cl2N3O2P. The maximum atomic E-state index is 13.9. The minimum atomic E-state index is -3.08. The Morgan fingerprint density at radius 3 is 2.21 bits per heavy atom. The number of piperidine rings is 1. The fraction of sp³-hybridized carbons (Fsp3) is 1.00. The van der Waals surface area contributed by atoms with Crippen LogP contribution in [0.2, 0.25) is 0 Å². The minimum Gasteiger partial charge on any atom is -0.307 e. The van der Waals surface area contributed by atoms with Crippen LogP contribution in [0.5, 0.6) is 0 Å². The van der Waals surface area contributed by atoms with E-state index in [1.54, 1.807) is 0 Å². The zero-order chi connectivity index (χ0) is 18.0. The summed E-state index contributed by atoms with van der Waals surface area (Å²) in [6, 6.07) is 0.218. The standard InChI is InChI=1S/C16H32Cl2N3O2P/c1-15(2)12-14(13-16(3,4)19-15)21-8-5-11-23-24(21,22)20(9-6-17)10-7-18/h14,19H,5-13H2,1-4H3. The Kier molecular flexibility index (Phi) is 7.09. The van der Waals surface area contributed by atoms with Gasteiger partial charge in [0.2, 0.25) is 0 Å². The summed E-state index contributed by atoms with van der Waals surface area (Å²) in [5.41, 5.74) is -0.00299. The van der Waals surface area contributed by atoms with Gasteiger partial charge in [0.05, 0.1) is 6.61 Å². The van der Waals surface area contributed by atoms with Gasteiger partial charge >= 0.3 is 7.67 Å². The lowest BCUT2D eigenvalue weighted by molar-refractivity contribution is 0.0718. The molecule has 1 atom stereocenters. The Hall–Kier alpha value is 0.650. The molecular weight excluding hydrogens is 368 g/mol. The van der Waals surface area contributed by atoms with E-state index in [1.165, 1.54) is 0 Å². The normalized spacial score (nSPS) is 31.5. The first-order valence-corrected chi connectivity index (χ1v) is 11.4. The van der Waals surface area contributed by atoms with E-state index >= 15 is 0 Å². The van der Waals surface area contributed by atoms with Gasteiger partial charge in [0, 0.05) is 48.5 Å². The predicted molar refractivity (Wildman–Crippen MR) is 102 cm³/mol. The highest BCUT2D eigenvalue weighted by molar-refractivity contribution is 7.54. The molecule has 2 fully saturated rings. The van der Waals surface area contributed by atoms with E-state index in [-0.39, 0.29) is 17.1 Å². The molecule has 0 radical (unpaired) electrons. The Morgan fingerprint density at radius 1 is 1.17 bits per heavy atom. The lowest BCUT2D eigenvalue weighted by Crippen LogP contribution is -2.62. The number of halogens is 2. The van der Waals surface area contributed by atoms with Crippen LogP contribution in [0.1, 0.15) is 47.0 Å². The summed E-state index contributed by atoms with van der Waals surface area (Å²) in [4.78, 5) is 0. The number of hydrogen-bond donors (Lipinski definition) is 1. The van der Waals surface area contributed by atoms with E-state index in [1.807, 2.05) is 4.67 Å². The monoisotopic (exact) mass is 399 g/mol. The van der Waals surface area contributed by atoms with Crippen LogP contribution in [-0.2, 0) is 9.09 Å². The van der Waals surface area contributed by atoms with Gasteiger partial charge < -0.3 is 9.84 Å². The Balaban J connectivity index is 2.29. The smallest absolute Gasteiger partial charge is 0.307 e. The summed E-state index contributed by atoms with van der Waals surface area (Å²) >= 11 is 11.9. The molecule has 0 saturated carbocycles. The fourth-order valence-electron chi connectivity index (χ4n) is 4.28. The molecule has 2 heterocycles. The quantitative estimate of drug-likeness (QED) is 0.541. The molecule has 0 amide bonds. The van der Waals surface area contributed by atoms with Crippen LogP contribution >= 0.6 is 30.9 Å². The summed E-state index contributed by atoms with van der Waals surface area (Å²) in [5.74, 6) is 0.836. The second-order valence-corrected chi connectivity index (χ2v) is 11.2. The van der Waals surface area contributed by atoms with Crippen molar-refractivity contribution in [2.45, 2.75) is 64.1 Å². The van der Waals surface area contributed by atoms with Crippen LogP contribution in [0.25, 0.3) is 0 Å². The van der Waals surface area contributed by atoms with Crippen LogP contribution in [-0.4, -0.2) is 64.5 Å². The van der Waals surface area contributed by atoms with E-state index in [9.17, 15) is 4.57 Å². The lowest BCUT2D eigenvalue weighted by atomic mass is 9.79. The minimum absolute atomic E-state index is 0.00149.